The molecule has 5 heteroatoms. The van der Waals surface area contributed by atoms with E-state index in [0.717, 1.165) is 0 Å². The highest BCUT2D eigenvalue weighted by Gasteiger charge is 1.94. The standard InChI is InChI=1S/C10H13N3O2/c1-2-14-6-7-15-10-5-3-4-9(8-10)12-13-11/h3-5,8H,2,6-7H2,1H3. The molecule has 0 radical (unpaired) electrons. The highest BCUT2D eigenvalue weighted by Crippen LogP contribution is 2.19. The molecule has 0 saturated carbocycles. The van der Waals surface area contributed by atoms with Crippen LogP contribution in [0, 0.1) is 0 Å². The van der Waals surface area contributed by atoms with Gasteiger partial charge in [0.25, 0.3) is 0 Å². The predicted octanol–water partition coefficient (Wildman–Crippen LogP) is 3.04. The summed E-state index contributed by atoms with van der Waals surface area (Å²) in [5, 5.41) is 3.48. The third-order valence-corrected chi connectivity index (χ3v) is 1.68. The first-order valence-corrected chi connectivity index (χ1v) is 4.72. The Labute approximate surface area is 88.3 Å². The maximum Gasteiger partial charge on any atom is 0.119 e. The predicted molar refractivity (Wildman–Crippen MR) is 57.2 cm³/mol. The van der Waals surface area contributed by atoms with Crippen molar-refractivity contribution in [2.24, 2.45) is 5.11 Å². The Morgan fingerprint density at radius 2 is 2.27 bits per heavy atom. The van der Waals surface area contributed by atoms with Gasteiger partial charge in [0.1, 0.15) is 12.4 Å². The molecule has 0 atom stereocenters. The molecule has 0 fully saturated rings. The second-order valence-corrected chi connectivity index (χ2v) is 2.73. The molecular weight excluding hydrogens is 194 g/mol. The minimum atomic E-state index is 0.494. The quantitative estimate of drug-likeness (QED) is 0.311. The summed E-state index contributed by atoms with van der Waals surface area (Å²) in [7, 11) is 0. The van der Waals surface area contributed by atoms with Gasteiger partial charge in [0.15, 0.2) is 0 Å². The lowest BCUT2D eigenvalue weighted by atomic mass is 10.3. The lowest BCUT2D eigenvalue weighted by Gasteiger charge is -2.06. The maximum absolute atomic E-state index is 8.25. The van der Waals surface area contributed by atoms with E-state index in [1.165, 1.54) is 0 Å². The molecule has 0 amide bonds. The molecule has 1 aromatic carbocycles. The van der Waals surface area contributed by atoms with E-state index in [9.17, 15) is 0 Å². The number of hydrogen-bond donors (Lipinski definition) is 0. The van der Waals surface area contributed by atoms with E-state index in [-0.39, 0.29) is 0 Å². The van der Waals surface area contributed by atoms with Gasteiger partial charge in [0, 0.05) is 17.2 Å². The molecular formula is C10H13N3O2. The zero-order valence-electron chi connectivity index (χ0n) is 8.59. The van der Waals surface area contributed by atoms with Crippen molar-refractivity contribution in [3.63, 3.8) is 0 Å². The maximum atomic E-state index is 8.25. The zero-order valence-corrected chi connectivity index (χ0v) is 8.59. The Morgan fingerprint density at radius 1 is 1.40 bits per heavy atom. The fourth-order valence-electron chi connectivity index (χ4n) is 1.05. The van der Waals surface area contributed by atoms with Crippen molar-refractivity contribution in [1.29, 1.82) is 0 Å². The van der Waals surface area contributed by atoms with Crippen LogP contribution in [-0.4, -0.2) is 19.8 Å². The molecule has 0 bridgehead atoms. The SMILES string of the molecule is CCOCCOc1cccc(N=[N+]=[N-])c1. The van der Waals surface area contributed by atoms with Crippen molar-refractivity contribution in [3.8, 4) is 5.75 Å². The first kappa shape index (κ1) is 11.4. The van der Waals surface area contributed by atoms with Gasteiger partial charge < -0.3 is 9.47 Å². The topological polar surface area (TPSA) is 67.2 Å². The zero-order chi connectivity index (χ0) is 10.9. The van der Waals surface area contributed by atoms with E-state index in [1.54, 1.807) is 18.2 Å². The Balaban J connectivity index is 2.46. The van der Waals surface area contributed by atoms with Crippen LogP contribution >= 0.6 is 0 Å². The molecule has 0 unspecified atom stereocenters. The van der Waals surface area contributed by atoms with Gasteiger partial charge in [0.05, 0.1) is 6.61 Å². The van der Waals surface area contributed by atoms with Crippen molar-refractivity contribution in [1.82, 2.24) is 0 Å². The fraction of sp³-hybridized carbons (Fsp3) is 0.400. The van der Waals surface area contributed by atoms with Crippen LogP contribution < -0.4 is 4.74 Å². The van der Waals surface area contributed by atoms with Gasteiger partial charge in [-0.25, -0.2) is 0 Å². The van der Waals surface area contributed by atoms with E-state index < -0.39 is 0 Å². The third-order valence-electron chi connectivity index (χ3n) is 1.68. The molecule has 1 rings (SSSR count). The summed E-state index contributed by atoms with van der Waals surface area (Å²) >= 11 is 0. The first-order chi connectivity index (χ1) is 7.36. The van der Waals surface area contributed by atoms with Gasteiger partial charge in [-0.3, -0.25) is 0 Å². The van der Waals surface area contributed by atoms with Gasteiger partial charge in [-0.05, 0) is 24.6 Å². The highest BCUT2D eigenvalue weighted by molar-refractivity contribution is 5.42. The monoisotopic (exact) mass is 207 g/mol. The molecule has 1 aromatic rings. The first-order valence-electron chi connectivity index (χ1n) is 4.72. The summed E-state index contributed by atoms with van der Waals surface area (Å²) in [6.07, 6.45) is 0. The molecule has 0 saturated heterocycles. The molecule has 0 aliphatic heterocycles. The molecule has 0 aliphatic rings. The van der Waals surface area contributed by atoms with E-state index in [1.807, 2.05) is 13.0 Å². The van der Waals surface area contributed by atoms with Gasteiger partial charge in [-0.2, -0.15) is 0 Å². The number of azide groups is 1. The second kappa shape index (κ2) is 6.70. The summed E-state index contributed by atoms with van der Waals surface area (Å²) in [6.45, 7) is 3.67. The van der Waals surface area contributed by atoms with Crippen LogP contribution in [0.25, 0.3) is 10.4 Å². The highest BCUT2D eigenvalue weighted by atomic mass is 16.5. The average molecular weight is 207 g/mol. The smallest absolute Gasteiger partial charge is 0.119 e. The summed E-state index contributed by atoms with van der Waals surface area (Å²) in [4.78, 5) is 2.70. The second-order valence-electron chi connectivity index (χ2n) is 2.73. The minimum Gasteiger partial charge on any atom is -0.491 e. The molecule has 0 aromatic heterocycles. The van der Waals surface area contributed by atoms with Gasteiger partial charge in [-0.15, -0.1) is 0 Å². The van der Waals surface area contributed by atoms with Crippen LogP contribution in [0.3, 0.4) is 0 Å². The van der Waals surface area contributed by atoms with Crippen molar-refractivity contribution in [2.75, 3.05) is 19.8 Å². The summed E-state index contributed by atoms with van der Waals surface area (Å²) in [5.41, 5.74) is 8.80. The van der Waals surface area contributed by atoms with Crippen molar-refractivity contribution >= 4 is 5.69 Å². The molecule has 5 nitrogen and oxygen atoms in total. The summed E-state index contributed by atoms with van der Waals surface area (Å²) < 4.78 is 10.5. The number of ether oxygens (including phenoxy) is 2. The van der Waals surface area contributed by atoms with E-state index in [4.69, 9.17) is 15.0 Å². The third kappa shape index (κ3) is 4.35. The molecule has 0 spiro atoms. The Kier molecular flexibility index (Phi) is 5.08. The lowest BCUT2D eigenvalue weighted by Crippen LogP contribution is -2.05. The molecule has 0 N–H and O–H groups in total. The average Bonchev–Trinajstić information content (AvgIpc) is 2.26. The van der Waals surface area contributed by atoms with E-state index >= 15 is 0 Å². The van der Waals surface area contributed by atoms with Crippen molar-refractivity contribution in [2.45, 2.75) is 6.92 Å². The fourth-order valence-corrected chi connectivity index (χ4v) is 1.05. The molecule has 80 valence electrons. The summed E-state index contributed by atoms with van der Waals surface area (Å²) in [5.74, 6) is 0.680. The number of hydrogen-bond acceptors (Lipinski definition) is 3. The van der Waals surface area contributed by atoms with Gasteiger partial charge >= 0.3 is 0 Å². The Hall–Kier alpha value is -1.71. The van der Waals surface area contributed by atoms with Crippen molar-refractivity contribution in [3.05, 3.63) is 34.7 Å². The van der Waals surface area contributed by atoms with Crippen LogP contribution in [0.5, 0.6) is 5.75 Å². The van der Waals surface area contributed by atoms with Crippen LogP contribution in [-0.2, 0) is 4.74 Å². The Bertz CT molecular complexity index is 348. The minimum absolute atomic E-state index is 0.494. The van der Waals surface area contributed by atoms with Gasteiger partial charge in [0.2, 0.25) is 0 Å². The molecule has 0 heterocycles. The number of nitrogens with zero attached hydrogens (tertiary/aromatic N) is 3. The van der Waals surface area contributed by atoms with Crippen LogP contribution in [0.1, 0.15) is 6.92 Å². The lowest BCUT2D eigenvalue weighted by molar-refractivity contribution is 0.110. The largest absolute Gasteiger partial charge is 0.491 e. The molecule has 0 aliphatic carbocycles. The normalized spacial score (nSPS) is 9.40. The van der Waals surface area contributed by atoms with Crippen molar-refractivity contribution < 1.29 is 9.47 Å². The molecule has 15 heavy (non-hydrogen) atoms. The number of rotatable bonds is 6. The summed E-state index contributed by atoms with van der Waals surface area (Å²) in [6, 6.07) is 6.99. The van der Waals surface area contributed by atoms with Gasteiger partial charge in [-0.1, -0.05) is 17.2 Å². The van der Waals surface area contributed by atoms with E-state index in [0.29, 0.717) is 31.3 Å². The Morgan fingerprint density at radius 3 is 3.00 bits per heavy atom. The van der Waals surface area contributed by atoms with Crippen LogP contribution in [0.15, 0.2) is 29.4 Å². The van der Waals surface area contributed by atoms with Crippen LogP contribution in [0.4, 0.5) is 5.69 Å². The van der Waals surface area contributed by atoms with Crippen LogP contribution in [0.2, 0.25) is 0 Å². The van der Waals surface area contributed by atoms with E-state index in [2.05, 4.69) is 10.0 Å². The number of benzene rings is 1.